The Bertz CT molecular complexity index is 514. The van der Waals surface area contributed by atoms with Crippen LogP contribution in [0.15, 0.2) is 18.2 Å². The number of nitrogens with two attached hydrogens (primary N) is 1. The molecule has 23 heavy (non-hydrogen) atoms. The standard InChI is InChI=1S/C17H27N3O3/c1-3-23-17(21)11-19-15-9-8-14(22-2)10-16(15)20-13-6-4-12(18)5-7-13/h8-10,12-13,19-20H,3-7,11,18H2,1-2H3/t12-,13-. The maximum atomic E-state index is 11.5. The van der Waals surface area contributed by atoms with E-state index in [1.807, 2.05) is 18.2 Å². The first kappa shape index (κ1) is 17.4. The SMILES string of the molecule is CCOC(=O)CNc1ccc(OC)cc1N[C@H]1CC[C@H](N)CC1. The number of ether oxygens (including phenoxy) is 2. The van der Waals surface area contributed by atoms with Crippen molar-refractivity contribution in [3.63, 3.8) is 0 Å². The lowest BCUT2D eigenvalue weighted by Crippen LogP contribution is -2.33. The van der Waals surface area contributed by atoms with E-state index >= 15 is 0 Å². The van der Waals surface area contributed by atoms with Crippen molar-refractivity contribution in [2.75, 3.05) is 30.9 Å². The summed E-state index contributed by atoms with van der Waals surface area (Å²) in [5.41, 5.74) is 7.77. The molecule has 0 amide bonds. The van der Waals surface area contributed by atoms with E-state index in [0.29, 0.717) is 18.7 Å². The molecule has 1 saturated carbocycles. The first-order chi connectivity index (χ1) is 11.1. The van der Waals surface area contributed by atoms with Gasteiger partial charge in [0.1, 0.15) is 12.3 Å². The first-order valence-corrected chi connectivity index (χ1v) is 8.22. The van der Waals surface area contributed by atoms with Crippen LogP contribution in [-0.4, -0.2) is 38.3 Å². The van der Waals surface area contributed by atoms with Crippen LogP contribution in [0.2, 0.25) is 0 Å². The van der Waals surface area contributed by atoms with Crippen molar-refractivity contribution < 1.29 is 14.3 Å². The van der Waals surface area contributed by atoms with Crippen LogP contribution < -0.4 is 21.1 Å². The number of anilines is 2. The molecule has 0 atom stereocenters. The van der Waals surface area contributed by atoms with Crippen molar-refractivity contribution in [1.29, 1.82) is 0 Å². The second-order valence-electron chi connectivity index (χ2n) is 5.83. The molecule has 6 nitrogen and oxygen atoms in total. The molecular weight excluding hydrogens is 294 g/mol. The zero-order valence-electron chi connectivity index (χ0n) is 13.9. The summed E-state index contributed by atoms with van der Waals surface area (Å²) < 4.78 is 10.3. The number of benzene rings is 1. The number of rotatable bonds is 7. The van der Waals surface area contributed by atoms with Crippen molar-refractivity contribution in [2.24, 2.45) is 5.73 Å². The fourth-order valence-electron chi connectivity index (χ4n) is 2.79. The molecule has 2 rings (SSSR count). The van der Waals surface area contributed by atoms with Gasteiger partial charge in [-0.05, 0) is 44.7 Å². The summed E-state index contributed by atoms with van der Waals surface area (Å²) in [7, 11) is 1.64. The van der Waals surface area contributed by atoms with Crippen molar-refractivity contribution in [2.45, 2.75) is 44.7 Å². The number of esters is 1. The van der Waals surface area contributed by atoms with E-state index in [1.165, 1.54) is 0 Å². The highest BCUT2D eigenvalue weighted by molar-refractivity contribution is 5.79. The van der Waals surface area contributed by atoms with Crippen LogP contribution in [0.1, 0.15) is 32.6 Å². The molecule has 4 N–H and O–H groups in total. The molecule has 1 fully saturated rings. The molecule has 1 aliphatic rings. The van der Waals surface area contributed by atoms with Gasteiger partial charge in [0.15, 0.2) is 0 Å². The van der Waals surface area contributed by atoms with Gasteiger partial charge in [-0.3, -0.25) is 4.79 Å². The first-order valence-electron chi connectivity index (χ1n) is 8.22. The predicted octanol–water partition coefficient (Wildman–Crippen LogP) is 2.35. The van der Waals surface area contributed by atoms with E-state index in [4.69, 9.17) is 15.2 Å². The minimum absolute atomic E-state index is 0.143. The summed E-state index contributed by atoms with van der Waals surface area (Å²) in [6, 6.07) is 6.44. The molecule has 1 aromatic rings. The molecule has 6 heteroatoms. The van der Waals surface area contributed by atoms with Gasteiger partial charge in [0.05, 0.1) is 25.1 Å². The third-order valence-corrected chi connectivity index (χ3v) is 4.09. The van der Waals surface area contributed by atoms with Crippen LogP contribution >= 0.6 is 0 Å². The summed E-state index contributed by atoms with van der Waals surface area (Å²) in [5, 5.41) is 6.68. The van der Waals surface area contributed by atoms with Crippen LogP contribution in [0, 0.1) is 0 Å². The van der Waals surface area contributed by atoms with E-state index in [2.05, 4.69) is 10.6 Å². The zero-order valence-corrected chi connectivity index (χ0v) is 13.9. The number of hydrogen-bond donors (Lipinski definition) is 3. The molecule has 0 spiro atoms. The Balaban J connectivity index is 2.03. The van der Waals surface area contributed by atoms with Crippen molar-refractivity contribution >= 4 is 17.3 Å². The molecule has 1 aliphatic carbocycles. The second-order valence-corrected chi connectivity index (χ2v) is 5.83. The van der Waals surface area contributed by atoms with Crippen molar-refractivity contribution in [1.82, 2.24) is 0 Å². The maximum absolute atomic E-state index is 11.5. The highest BCUT2D eigenvalue weighted by atomic mass is 16.5. The van der Waals surface area contributed by atoms with E-state index in [0.717, 1.165) is 42.8 Å². The van der Waals surface area contributed by atoms with Gasteiger partial charge in [-0.15, -0.1) is 0 Å². The summed E-state index contributed by atoms with van der Waals surface area (Å²) in [6.45, 7) is 2.33. The molecule has 0 unspecified atom stereocenters. The van der Waals surface area contributed by atoms with Crippen molar-refractivity contribution in [3.8, 4) is 5.75 Å². The van der Waals surface area contributed by atoms with Gasteiger partial charge in [-0.1, -0.05) is 0 Å². The highest BCUT2D eigenvalue weighted by Crippen LogP contribution is 2.30. The van der Waals surface area contributed by atoms with Gasteiger partial charge in [-0.2, -0.15) is 0 Å². The lowest BCUT2D eigenvalue weighted by molar-refractivity contribution is -0.140. The average Bonchev–Trinajstić information content (AvgIpc) is 2.56. The minimum Gasteiger partial charge on any atom is -0.497 e. The Hall–Kier alpha value is -1.95. The van der Waals surface area contributed by atoms with Crippen molar-refractivity contribution in [3.05, 3.63) is 18.2 Å². The number of nitrogens with one attached hydrogen (secondary N) is 2. The predicted molar refractivity (Wildman–Crippen MR) is 92.0 cm³/mol. The number of carbonyl (C=O) groups excluding carboxylic acids is 1. The van der Waals surface area contributed by atoms with Crippen LogP contribution in [0.25, 0.3) is 0 Å². The molecule has 128 valence electrons. The van der Waals surface area contributed by atoms with Crippen LogP contribution in [0.5, 0.6) is 5.75 Å². The normalized spacial score (nSPS) is 20.7. The van der Waals surface area contributed by atoms with E-state index in [-0.39, 0.29) is 12.5 Å². The van der Waals surface area contributed by atoms with Gasteiger partial charge < -0.3 is 25.8 Å². The monoisotopic (exact) mass is 321 g/mol. The van der Waals surface area contributed by atoms with Crippen LogP contribution in [0.3, 0.4) is 0 Å². The largest absolute Gasteiger partial charge is 0.497 e. The number of methoxy groups -OCH3 is 1. The molecule has 0 heterocycles. The van der Waals surface area contributed by atoms with E-state index < -0.39 is 0 Å². The third-order valence-electron chi connectivity index (χ3n) is 4.09. The number of hydrogen-bond acceptors (Lipinski definition) is 6. The number of carbonyl (C=O) groups is 1. The highest BCUT2D eigenvalue weighted by Gasteiger charge is 2.19. The average molecular weight is 321 g/mol. The lowest BCUT2D eigenvalue weighted by atomic mass is 9.91. The van der Waals surface area contributed by atoms with Crippen LogP contribution in [-0.2, 0) is 9.53 Å². The Labute approximate surface area is 137 Å². The zero-order chi connectivity index (χ0) is 16.7. The summed E-state index contributed by atoms with van der Waals surface area (Å²) >= 11 is 0. The Morgan fingerprint density at radius 2 is 2.00 bits per heavy atom. The Morgan fingerprint density at radius 1 is 1.26 bits per heavy atom. The van der Waals surface area contributed by atoms with Gasteiger partial charge in [0, 0.05) is 18.2 Å². The van der Waals surface area contributed by atoms with E-state index in [9.17, 15) is 4.79 Å². The Morgan fingerprint density at radius 3 is 2.65 bits per heavy atom. The van der Waals surface area contributed by atoms with Gasteiger partial charge >= 0.3 is 5.97 Å². The topological polar surface area (TPSA) is 85.6 Å². The third kappa shape index (κ3) is 5.32. The molecular formula is C17H27N3O3. The summed E-state index contributed by atoms with van der Waals surface area (Å²) in [4.78, 5) is 11.5. The van der Waals surface area contributed by atoms with Gasteiger partial charge in [-0.25, -0.2) is 0 Å². The fourth-order valence-corrected chi connectivity index (χ4v) is 2.79. The molecule has 0 aliphatic heterocycles. The maximum Gasteiger partial charge on any atom is 0.325 e. The van der Waals surface area contributed by atoms with Crippen LogP contribution in [0.4, 0.5) is 11.4 Å². The second kappa shape index (κ2) is 8.62. The summed E-state index contributed by atoms with van der Waals surface area (Å²) in [5.74, 6) is 0.514. The molecule has 0 saturated heterocycles. The molecule has 1 aromatic carbocycles. The molecule has 0 radical (unpaired) electrons. The van der Waals surface area contributed by atoms with E-state index in [1.54, 1.807) is 14.0 Å². The van der Waals surface area contributed by atoms with Gasteiger partial charge in [0.2, 0.25) is 0 Å². The quantitative estimate of drug-likeness (QED) is 0.668. The lowest BCUT2D eigenvalue weighted by Gasteiger charge is -2.28. The fraction of sp³-hybridized carbons (Fsp3) is 0.588. The Kier molecular flexibility index (Phi) is 6.52. The molecule has 0 aromatic heterocycles. The smallest absolute Gasteiger partial charge is 0.325 e. The minimum atomic E-state index is -0.266. The molecule has 0 bridgehead atoms. The summed E-state index contributed by atoms with van der Waals surface area (Å²) in [6.07, 6.45) is 4.17. The van der Waals surface area contributed by atoms with Gasteiger partial charge in [0.25, 0.3) is 0 Å².